The Kier molecular flexibility index (Phi) is 9.03. The standard InChI is InChI=1S/C29H39N3O5/c1-4-6-14-31(15-7-5-2)26(33)18-32-17-22(21-11-12-24-25(16-21)37-19-36-24)27(29(34)35)28(32)20(3)23-10-8-9-13-30-23/h8-13,16,20,22,27-28H,4-7,14-15,17-19H2,1-3H3,(H,34,35). The molecular weight excluding hydrogens is 470 g/mol. The van der Waals surface area contributed by atoms with Crippen molar-refractivity contribution < 1.29 is 24.2 Å². The van der Waals surface area contributed by atoms with Crippen LogP contribution >= 0.6 is 0 Å². The minimum absolute atomic E-state index is 0.0654. The second-order valence-corrected chi connectivity index (χ2v) is 10.1. The molecule has 4 rings (SSSR count). The summed E-state index contributed by atoms with van der Waals surface area (Å²) >= 11 is 0. The van der Waals surface area contributed by atoms with E-state index in [9.17, 15) is 14.7 Å². The van der Waals surface area contributed by atoms with Crippen molar-refractivity contribution in [1.82, 2.24) is 14.8 Å². The van der Waals surface area contributed by atoms with E-state index in [4.69, 9.17) is 9.47 Å². The van der Waals surface area contributed by atoms with Gasteiger partial charge in [0.05, 0.1) is 12.5 Å². The van der Waals surface area contributed by atoms with E-state index in [1.165, 1.54) is 0 Å². The third-order valence-electron chi connectivity index (χ3n) is 7.69. The maximum atomic E-state index is 13.6. The van der Waals surface area contributed by atoms with Gasteiger partial charge in [0.15, 0.2) is 11.5 Å². The van der Waals surface area contributed by atoms with Crippen molar-refractivity contribution in [2.45, 2.75) is 64.3 Å². The van der Waals surface area contributed by atoms with Crippen molar-refractivity contribution >= 4 is 11.9 Å². The summed E-state index contributed by atoms with van der Waals surface area (Å²) in [4.78, 5) is 35.0. The van der Waals surface area contributed by atoms with Gasteiger partial charge in [0.2, 0.25) is 12.7 Å². The topological polar surface area (TPSA) is 92.2 Å². The molecule has 1 aromatic heterocycles. The third kappa shape index (κ3) is 6.06. The van der Waals surface area contributed by atoms with E-state index in [0.717, 1.165) is 50.0 Å². The van der Waals surface area contributed by atoms with Crippen molar-refractivity contribution in [1.29, 1.82) is 0 Å². The molecule has 1 amide bonds. The Labute approximate surface area is 219 Å². The molecule has 0 spiro atoms. The van der Waals surface area contributed by atoms with E-state index in [1.807, 2.05) is 48.2 Å². The number of likely N-dealkylation sites (tertiary alicyclic amines) is 1. The Balaban J connectivity index is 1.66. The summed E-state index contributed by atoms with van der Waals surface area (Å²) in [6.07, 6.45) is 5.69. The fourth-order valence-electron chi connectivity index (χ4n) is 5.68. The van der Waals surface area contributed by atoms with Gasteiger partial charge in [-0.2, -0.15) is 0 Å². The van der Waals surface area contributed by atoms with Gasteiger partial charge in [0, 0.05) is 49.4 Å². The fourth-order valence-corrected chi connectivity index (χ4v) is 5.68. The summed E-state index contributed by atoms with van der Waals surface area (Å²) < 4.78 is 11.0. The number of rotatable bonds is 12. The van der Waals surface area contributed by atoms with Crippen molar-refractivity contribution in [3.05, 3.63) is 53.9 Å². The second kappa shape index (κ2) is 12.4. The number of carboxylic acids is 1. The highest BCUT2D eigenvalue weighted by Gasteiger charge is 2.50. The summed E-state index contributed by atoms with van der Waals surface area (Å²) in [5.74, 6) is -0.665. The predicted molar refractivity (Wildman–Crippen MR) is 141 cm³/mol. The maximum Gasteiger partial charge on any atom is 0.308 e. The van der Waals surface area contributed by atoms with Gasteiger partial charge in [0.25, 0.3) is 0 Å². The molecule has 8 heteroatoms. The summed E-state index contributed by atoms with van der Waals surface area (Å²) in [5, 5.41) is 10.5. The zero-order valence-electron chi connectivity index (χ0n) is 22.1. The van der Waals surface area contributed by atoms with E-state index in [0.29, 0.717) is 18.0 Å². The SMILES string of the molecule is CCCCN(CCCC)C(=O)CN1CC(c2ccc3c(c2)OCO3)C(C(=O)O)C1C(C)c1ccccn1. The largest absolute Gasteiger partial charge is 0.481 e. The van der Waals surface area contributed by atoms with E-state index in [1.54, 1.807) is 6.20 Å². The van der Waals surface area contributed by atoms with Gasteiger partial charge in [-0.1, -0.05) is 45.7 Å². The Hall–Kier alpha value is -3.13. The summed E-state index contributed by atoms with van der Waals surface area (Å²) in [6.45, 7) is 8.57. The third-order valence-corrected chi connectivity index (χ3v) is 7.69. The number of pyridine rings is 1. The summed E-state index contributed by atoms with van der Waals surface area (Å²) in [5.41, 5.74) is 1.72. The second-order valence-electron chi connectivity index (χ2n) is 10.1. The van der Waals surface area contributed by atoms with Gasteiger partial charge in [-0.15, -0.1) is 0 Å². The van der Waals surface area contributed by atoms with Crippen LogP contribution in [-0.2, 0) is 9.59 Å². The van der Waals surface area contributed by atoms with Crippen molar-refractivity contribution in [3.8, 4) is 11.5 Å². The molecule has 4 atom stereocenters. The Morgan fingerprint density at radius 2 is 1.84 bits per heavy atom. The summed E-state index contributed by atoms with van der Waals surface area (Å²) in [6, 6.07) is 11.0. The van der Waals surface area contributed by atoms with Crippen LogP contribution in [0.25, 0.3) is 0 Å². The van der Waals surface area contributed by atoms with Gasteiger partial charge in [-0.3, -0.25) is 19.5 Å². The highest BCUT2D eigenvalue weighted by molar-refractivity contribution is 5.79. The number of unbranched alkanes of at least 4 members (excludes halogenated alkanes) is 2. The van der Waals surface area contributed by atoms with E-state index in [2.05, 4.69) is 23.7 Å². The zero-order chi connectivity index (χ0) is 26.4. The molecular formula is C29H39N3O5. The number of benzene rings is 1. The molecule has 8 nitrogen and oxygen atoms in total. The first kappa shape index (κ1) is 26.9. The number of carbonyl (C=O) groups excluding carboxylic acids is 1. The van der Waals surface area contributed by atoms with Crippen LogP contribution in [0.15, 0.2) is 42.6 Å². The molecule has 1 fully saturated rings. The van der Waals surface area contributed by atoms with Crippen LogP contribution < -0.4 is 9.47 Å². The molecule has 0 bridgehead atoms. The first-order valence-corrected chi connectivity index (χ1v) is 13.5. The van der Waals surface area contributed by atoms with E-state index in [-0.39, 0.29) is 37.1 Å². The predicted octanol–water partition coefficient (Wildman–Crippen LogP) is 4.51. The zero-order valence-corrected chi connectivity index (χ0v) is 22.1. The lowest BCUT2D eigenvalue weighted by Gasteiger charge is -2.33. The normalized spacial score (nSPS) is 21.6. The lowest BCUT2D eigenvalue weighted by Crippen LogP contribution is -2.46. The molecule has 37 heavy (non-hydrogen) atoms. The number of fused-ring (bicyclic) bond motifs is 1. The number of aromatic nitrogens is 1. The molecule has 0 aliphatic carbocycles. The smallest absolute Gasteiger partial charge is 0.308 e. The van der Waals surface area contributed by atoms with Gasteiger partial charge in [0.1, 0.15) is 0 Å². The van der Waals surface area contributed by atoms with Gasteiger partial charge in [-0.25, -0.2) is 0 Å². The number of aliphatic carboxylic acids is 1. The molecule has 2 aliphatic heterocycles. The maximum absolute atomic E-state index is 13.6. The highest BCUT2D eigenvalue weighted by Crippen LogP contribution is 2.45. The summed E-state index contributed by atoms with van der Waals surface area (Å²) in [7, 11) is 0. The Bertz CT molecular complexity index is 1050. The first-order valence-electron chi connectivity index (χ1n) is 13.5. The van der Waals surface area contributed by atoms with Crippen LogP contribution in [0.1, 0.15) is 69.5 Å². The van der Waals surface area contributed by atoms with E-state index >= 15 is 0 Å². The van der Waals surface area contributed by atoms with Gasteiger partial charge < -0.3 is 19.5 Å². The minimum atomic E-state index is -0.862. The van der Waals surface area contributed by atoms with Crippen molar-refractivity contribution in [3.63, 3.8) is 0 Å². The van der Waals surface area contributed by atoms with E-state index < -0.39 is 11.9 Å². The molecule has 1 aromatic carbocycles. The Morgan fingerprint density at radius 1 is 1.11 bits per heavy atom. The monoisotopic (exact) mass is 509 g/mol. The van der Waals surface area contributed by atoms with Crippen LogP contribution in [0.5, 0.6) is 11.5 Å². The molecule has 4 unspecified atom stereocenters. The van der Waals surface area contributed by atoms with Crippen LogP contribution in [0, 0.1) is 5.92 Å². The first-order chi connectivity index (χ1) is 17.9. The number of nitrogens with zero attached hydrogens (tertiary/aromatic N) is 3. The molecule has 0 radical (unpaired) electrons. The molecule has 200 valence electrons. The fraction of sp³-hybridized carbons (Fsp3) is 0.552. The number of carbonyl (C=O) groups is 2. The average Bonchev–Trinajstić information content (AvgIpc) is 3.53. The number of ether oxygens (including phenoxy) is 2. The Morgan fingerprint density at radius 3 is 2.49 bits per heavy atom. The van der Waals surface area contributed by atoms with Crippen LogP contribution in [0.2, 0.25) is 0 Å². The molecule has 2 aromatic rings. The number of amides is 1. The number of carboxylic acid groups (broad SMARTS) is 1. The van der Waals surface area contributed by atoms with Gasteiger partial charge >= 0.3 is 5.97 Å². The number of hydrogen-bond donors (Lipinski definition) is 1. The molecule has 3 heterocycles. The highest BCUT2D eigenvalue weighted by atomic mass is 16.7. The van der Waals surface area contributed by atoms with Crippen molar-refractivity contribution in [2.75, 3.05) is 33.0 Å². The van der Waals surface area contributed by atoms with Crippen LogP contribution in [0.4, 0.5) is 0 Å². The molecule has 1 N–H and O–H groups in total. The lowest BCUT2D eigenvalue weighted by molar-refractivity contribution is -0.144. The molecule has 0 saturated carbocycles. The number of hydrogen-bond acceptors (Lipinski definition) is 6. The lowest BCUT2D eigenvalue weighted by atomic mass is 9.80. The van der Waals surface area contributed by atoms with Crippen molar-refractivity contribution in [2.24, 2.45) is 5.92 Å². The quantitative estimate of drug-likeness (QED) is 0.450. The molecule has 1 saturated heterocycles. The minimum Gasteiger partial charge on any atom is -0.481 e. The average molecular weight is 510 g/mol. The van der Waals surface area contributed by atoms with Crippen LogP contribution in [-0.4, -0.2) is 70.8 Å². The molecule has 2 aliphatic rings. The van der Waals surface area contributed by atoms with Crippen LogP contribution in [0.3, 0.4) is 0 Å². The van der Waals surface area contributed by atoms with Gasteiger partial charge in [-0.05, 0) is 42.7 Å².